The molecule has 0 bridgehead atoms. The maximum atomic E-state index is 13.8. The van der Waals surface area contributed by atoms with E-state index < -0.39 is 35.5 Å². The summed E-state index contributed by atoms with van der Waals surface area (Å²) in [5.41, 5.74) is -0.260. The number of hydrogen-bond donors (Lipinski definition) is 0. The number of hydrogen-bond acceptors (Lipinski definition) is 6. The van der Waals surface area contributed by atoms with E-state index in [2.05, 4.69) is 9.98 Å². The predicted molar refractivity (Wildman–Crippen MR) is 103 cm³/mol. The van der Waals surface area contributed by atoms with E-state index in [1.807, 2.05) is 0 Å². The van der Waals surface area contributed by atoms with Crippen molar-refractivity contribution in [1.29, 1.82) is 0 Å². The molecule has 160 valence electrons. The number of fused-ring (bicyclic) bond motifs is 1. The lowest BCUT2D eigenvalue weighted by Gasteiger charge is -2.30. The van der Waals surface area contributed by atoms with Crippen molar-refractivity contribution in [2.24, 2.45) is 10.9 Å². The monoisotopic (exact) mass is 430 g/mol. The minimum atomic E-state index is -4.68. The quantitative estimate of drug-likeness (QED) is 0.689. The fourth-order valence-corrected chi connectivity index (χ4v) is 3.90. The van der Waals surface area contributed by atoms with Gasteiger partial charge in [0.25, 0.3) is 0 Å². The lowest BCUT2D eigenvalue weighted by Crippen LogP contribution is -2.33. The van der Waals surface area contributed by atoms with Crippen LogP contribution < -0.4 is 0 Å². The first kappa shape index (κ1) is 20.8. The van der Waals surface area contributed by atoms with Crippen LogP contribution >= 0.6 is 0 Å². The number of rotatable bonds is 4. The highest BCUT2D eigenvalue weighted by atomic mass is 19.4. The summed E-state index contributed by atoms with van der Waals surface area (Å²) in [6.45, 7) is 1.21. The number of nitrogens with zero attached hydrogens (tertiary/aromatic N) is 2. The van der Waals surface area contributed by atoms with Crippen LogP contribution in [0.5, 0.6) is 0 Å². The third-order valence-corrected chi connectivity index (χ3v) is 5.22. The molecule has 1 fully saturated rings. The number of aliphatic imine (C=N–C) groups is 1. The van der Waals surface area contributed by atoms with Crippen molar-refractivity contribution < 1.29 is 32.2 Å². The molecule has 0 radical (unpaired) electrons. The second kappa shape index (κ2) is 7.98. The number of carbonyl (C=O) groups is 2. The van der Waals surface area contributed by atoms with E-state index in [1.54, 1.807) is 18.2 Å². The first-order valence-electron chi connectivity index (χ1n) is 9.45. The second-order valence-corrected chi connectivity index (χ2v) is 7.15. The van der Waals surface area contributed by atoms with Crippen molar-refractivity contribution >= 4 is 17.7 Å². The summed E-state index contributed by atoms with van der Waals surface area (Å²) >= 11 is 0. The van der Waals surface area contributed by atoms with Gasteiger partial charge in [0.1, 0.15) is 19.1 Å². The Balaban J connectivity index is 1.78. The summed E-state index contributed by atoms with van der Waals surface area (Å²) in [5, 5.41) is 0. The third kappa shape index (κ3) is 3.95. The standard InChI is InChI=1S/C22H17F3N2O4/c1-12-17(20(28)30-10-13-6-4-5-9-26-13)18(19-16(27-12)11-31-21(19)29)14-7-2-3-8-15(14)22(23,24)25/h2-9,18-19H,10-11H2,1H3. The highest BCUT2D eigenvalue weighted by Crippen LogP contribution is 2.46. The van der Waals surface area contributed by atoms with Crippen LogP contribution in [0.2, 0.25) is 0 Å². The van der Waals surface area contributed by atoms with Gasteiger partial charge in [-0.2, -0.15) is 13.2 Å². The van der Waals surface area contributed by atoms with Crippen molar-refractivity contribution in [1.82, 2.24) is 4.98 Å². The minimum absolute atomic E-state index is 0.0970. The number of ether oxygens (including phenoxy) is 2. The molecule has 1 saturated heterocycles. The van der Waals surface area contributed by atoms with Gasteiger partial charge in [0.15, 0.2) is 0 Å². The Morgan fingerprint density at radius 1 is 1.16 bits per heavy atom. The Morgan fingerprint density at radius 2 is 1.90 bits per heavy atom. The molecule has 1 aromatic carbocycles. The smallest absolute Gasteiger partial charge is 0.416 e. The molecule has 1 aromatic heterocycles. The molecule has 9 heteroatoms. The number of carbonyl (C=O) groups excluding carboxylic acids is 2. The molecule has 0 spiro atoms. The van der Waals surface area contributed by atoms with E-state index in [4.69, 9.17) is 9.47 Å². The number of cyclic esters (lactones) is 1. The summed E-state index contributed by atoms with van der Waals surface area (Å²) < 4.78 is 51.6. The summed E-state index contributed by atoms with van der Waals surface area (Å²) in [7, 11) is 0. The summed E-state index contributed by atoms with van der Waals surface area (Å²) in [6.07, 6.45) is -3.15. The Bertz CT molecular complexity index is 1090. The lowest BCUT2D eigenvalue weighted by atomic mass is 9.74. The molecule has 2 unspecified atom stereocenters. The van der Waals surface area contributed by atoms with E-state index in [9.17, 15) is 22.8 Å². The maximum absolute atomic E-state index is 13.8. The molecule has 3 heterocycles. The van der Waals surface area contributed by atoms with Crippen LogP contribution in [0, 0.1) is 5.92 Å². The second-order valence-electron chi connectivity index (χ2n) is 7.15. The lowest BCUT2D eigenvalue weighted by molar-refractivity contribution is -0.144. The van der Waals surface area contributed by atoms with E-state index >= 15 is 0 Å². The molecule has 2 aromatic rings. The molecule has 0 amide bonds. The molecule has 0 aliphatic carbocycles. The third-order valence-electron chi connectivity index (χ3n) is 5.22. The molecule has 31 heavy (non-hydrogen) atoms. The number of allylic oxidation sites excluding steroid dienone is 1. The summed E-state index contributed by atoms with van der Waals surface area (Å²) in [5.74, 6) is -3.92. The van der Waals surface area contributed by atoms with Gasteiger partial charge in [-0.1, -0.05) is 24.3 Å². The SMILES string of the molecule is CC1=C(C(=O)OCc2ccccn2)C(c2ccccc2C(F)(F)F)C2C(=O)OCC2=N1. The highest BCUT2D eigenvalue weighted by Gasteiger charge is 2.49. The number of alkyl halides is 3. The van der Waals surface area contributed by atoms with Gasteiger partial charge < -0.3 is 9.47 Å². The van der Waals surface area contributed by atoms with Crippen LogP contribution in [0.1, 0.15) is 29.7 Å². The van der Waals surface area contributed by atoms with Gasteiger partial charge in [-0.05, 0) is 30.7 Å². The first-order valence-corrected chi connectivity index (χ1v) is 9.45. The zero-order chi connectivity index (χ0) is 22.2. The molecule has 0 N–H and O–H groups in total. The fraction of sp³-hybridized carbons (Fsp3) is 0.273. The topological polar surface area (TPSA) is 77.8 Å². The van der Waals surface area contributed by atoms with Gasteiger partial charge in [0, 0.05) is 17.8 Å². The average molecular weight is 430 g/mol. The zero-order valence-corrected chi connectivity index (χ0v) is 16.3. The minimum Gasteiger partial charge on any atom is -0.459 e. The fourth-order valence-electron chi connectivity index (χ4n) is 3.90. The first-order chi connectivity index (χ1) is 14.8. The molecular weight excluding hydrogens is 413 g/mol. The normalized spacial score (nSPS) is 20.8. The molecule has 2 aliphatic heterocycles. The van der Waals surface area contributed by atoms with Gasteiger partial charge in [-0.25, -0.2) is 4.79 Å². The van der Waals surface area contributed by atoms with Crippen molar-refractivity contribution in [3.05, 3.63) is 76.8 Å². The van der Waals surface area contributed by atoms with Crippen molar-refractivity contribution in [2.45, 2.75) is 25.6 Å². The average Bonchev–Trinajstić information content (AvgIpc) is 3.11. The van der Waals surface area contributed by atoms with Crippen LogP contribution in [-0.4, -0.2) is 29.2 Å². The Hall–Kier alpha value is -3.49. The Labute approximate surface area is 175 Å². The Morgan fingerprint density at radius 3 is 2.61 bits per heavy atom. The maximum Gasteiger partial charge on any atom is 0.416 e. The number of aromatic nitrogens is 1. The van der Waals surface area contributed by atoms with Crippen LogP contribution in [0.15, 0.2) is 64.9 Å². The molecule has 4 rings (SSSR count). The van der Waals surface area contributed by atoms with E-state index in [0.29, 0.717) is 11.4 Å². The molecule has 6 nitrogen and oxygen atoms in total. The number of esters is 2. The van der Waals surface area contributed by atoms with Gasteiger partial charge in [-0.15, -0.1) is 0 Å². The summed E-state index contributed by atoms with van der Waals surface area (Å²) in [6, 6.07) is 9.94. The van der Waals surface area contributed by atoms with E-state index in [1.165, 1.54) is 31.3 Å². The zero-order valence-electron chi connectivity index (χ0n) is 16.3. The van der Waals surface area contributed by atoms with E-state index in [-0.39, 0.29) is 30.0 Å². The van der Waals surface area contributed by atoms with Gasteiger partial charge in [0.05, 0.1) is 22.5 Å². The number of benzene rings is 1. The van der Waals surface area contributed by atoms with Gasteiger partial charge in [-0.3, -0.25) is 14.8 Å². The van der Waals surface area contributed by atoms with Gasteiger partial charge in [0.2, 0.25) is 0 Å². The van der Waals surface area contributed by atoms with Crippen molar-refractivity contribution in [3.8, 4) is 0 Å². The van der Waals surface area contributed by atoms with E-state index in [0.717, 1.165) is 6.07 Å². The Kier molecular flexibility index (Phi) is 5.34. The number of halogens is 3. The van der Waals surface area contributed by atoms with Crippen LogP contribution in [-0.2, 0) is 31.8 Å². The molecule has 2 aliphatic rings. The number of pyridine rings is 1. The predicted octanol–water partition coefficient (Wildman–Crippen LogP) is 3.83. The largest absolute Gasteiger partial charge is 0.459 e. The molecular formula is C22H17F3N2O4. The van der Waals surface area contributed by atoms with Crippen molar-refractivity contribution in [3.63, 3.8) is 0 Å². The summed E-state index contributed by atoms with van der Waals surface area (Å²) in [4.78, 5) is 33.8. The van der Waals surface area contributed by atoms with Crippen molar-refractivity contribution in [2.75, 3.05) is 6.61 Å². The van der Waals surface area contributed by atoms with Crippen LogP contribution in [0.25, 0.3) is 0 Å². The van der Waals surface area contributed by atoms with Crippen LogP contribution in [0.4, 0.5) is 13.2 Å². The van der Waals surface area contributed by atoms with Crippen LogP contribution in [0.3, 0.4) is 0 Å². The van der Waals surface area contributed by atoms with Gasteiger partial charge >= 0.3 is 18.1 Å². The molecule has 0 saturated carbocycles. The molecule has 2 atom stereocenters. The highest BCUT2D eigenvalue weighted by molar-refractivity contribution is 6.12.